The first-order chi connectivity index (χ1) is 11.1. The minimum Gasteiger partial charge on any atom is -0.454 e. The van der Waals surface area contributed by atoms with Crippen molar-refractivity contribution in [1.82, 2.24) is 0 Å². The molecule has 1 aliphatic heterocycles. The number of carbonyl (C=O) groups excluding carboxylic acids is 1. The van der Waals surface area contributed by atoms with Gasteiger partial charge in [-0.05, 0) is 36.8 Å². The third-order valence-corrected chi connectivity index (χ3v) is 3.49. The summed E-state index contributed by atoms with van der Waals surface area (Å²) < 4.78 is 10.4. The van der Waals surface area contributed by atoms with Crippen molar-refractivity contribution in [3.63, 3.8) is 0 Å². The molecule has 0 spiro atoms. The number of hydrogen-bond donors (Lipinski definition) is 2. The van der Waals surface area contributed by atoms with Crippen molar-refractivity contribution in [2.75, 3.05) is 12.5 Å². The molecule has 0 radical (unpaired) electrons. The summed E-state index contributed by atoms with van der Waals surface area (Å²) in [5.74, 6) is 0.500. The van der Waals surface area contributed by atoms with Crippen LogP contribution in [0.3, 0.4) is 0 Å². The molecule has 3 rings (SSSR count). The summed E-state index contributed by atoms with van der Waals surface area (Å²) in [7, 11) is 0. The second-order valence-corrected chi connectivity index (χ2v) is 4.94. The highest BCUT2D eigenvalue weighted by atomic mass is 16.7. The van der Waals surface area contributed by atoms with Crippen molar-refractivity contribution in [3.8, 4) is 11.5 Å². The minimum absolute atomic E-state index is 0.0730. The van der Waals surface area contributed by atoms with E-state index in [9.17, 15) is 4.79 Å². The molecule has 0 bridgehead atoms. The molecule has 0 fully saturated rings. The summed E-state index contributed by atoms with van der Waals surface area (Å²) in [6, 6.07) is 9.98. The van der Waals surface area contributed by atoms with Gasteiger partial charge in [0.2, 0.25) is 6.79 Å². The zero-order valence-corrected chi connectivity index (χ0v) is 12.4. The van der Waals surface area contributed by atoms with Gasteiger partial charge in [0, 0.05) is 11.3 Å². The molecule has 0 saturated heterocycles. The van der Waals surface area contributed by atoms with E-state index in [1.807, 2.05) is 6.92 Å². The molecule has 0 unspecified atom stereocenters. The van der Waals surface area contributed by atoms with Crippen LogP contribution in [0, 0.1) is 6.92 Å². The highest BCUT2D eigenvalue weighted by molar-refractivity contribution is 6.00. The zero-order chi connectivity index (χ0) is 16.4. The monoisotopic (exact) mass is 313 g/mol. The summed E-state index contributed by atoms with van der Waals surface area (Å²) in [5, 5.41) is 3.68. The predicted molar refractivity (Wildman–Crippen MR) is 84.3 cm³/mol. The third-order valence-electron chi connectivity index (χ3n) is 3.49. The van der Waals surface area contributed by atoms with Gasteiger partial charge in [-0.1, -0.05) is 17.3 Å². The predicted octanol–water partition coefficient (Wildman–Crippen LogP) is 1.78. The number of nitrogens with two attached hydrogens (primary N) is 2. The van der Waals surface area contributed by atoms with Crippen LogP contribution in [0.1, 0.15) is 21.5 Å². The molecule has 0 amide bonds. The maximum Gasteiger partial charge on any atom is 0.365 e. The van der Waals surface area contributed by atoms with Crippen molar-refractivity contribution in [1.29, 1.82) is 0 Å². The average Bonchev–Trinajstić information content (AvgIpc) is 3.02. The van der Waals surface area contributed by atoms with Crippen LogP contribution in [0.5, 0.6) is 11.5 Å². The number of amidine groups is 1. The molecule has 4 N–H and O–H groups in total. The van der Waals surface area contributed by atoms with Gasteiger partial charge in [0.25, 0.3) is 0 Å². The van der Waals surface area contributed by atoms with E-state index in [4.69, 9.17) is 25.8 Å². The Bertz CT molecular complexity index is 802. The van der Waals surface area contributed by atoms with Crippen molar-refractivity contribution >= 4 is 17.5 Å². The Morgan fingerprint density at radius 1 is 1.22 bits per heavy atom. The van der Waals surface area contributed by atoms with E-state index in [1.54, 1.807) is 30.3 Å². The van der Waals surface area contributed by atoms with Gasteiger partial charge in [-0.3, -0.25) is 0 Å². The third kappa shape index (κ3) is 2.89. The number of fused-ring (bicyclic) bond motifs is 1. The Morgan fingerprint density at radius 2 is 2.00 bits per heavy atom. The zero-order valence-electron chi connectivity index (χ0n) is 12.4. The van der Waals surface area contributed by atoms with Gasteiger partial charge in [0.1, 0.15) is 0 Å². The largest absolute Gasteiger partial charge is 0.454 e. The molecule has 0 saturated carbocycles. The number of ether oxygens (including phenoxy) is 2. The van der Waals surface area contributed by atoms with E-state index in [-0.39, 0.29) is 18.2 Å². The summed E-state index contributed by atoms with van der Waals surface area (Å²) in [5.41, 5.74) is 13.9. The number of hydrogen-bond acceptors (Lipinski definition) is 6. The van der Waals surface area contributed by atoms with Crippen LogP contribution in [-0.4, -0.2) is 18.6 Å². The lowest BCUT2D eigenvalue weighted by molar-refractivity contribution is 0.0515. The lowest BCUT2D eigenvalue weighted by atomic mass is 10.1. The van der Waals surface area contributed by atoms with Crippen LogP contribution in [0.2, 0.25) is 0 Å². The first-order valence-corrected chi connectivity index (χ1v) is 6.86. The molecule has 1 aliphatic rings. The lowest BCUT2D eigenvalue weighted by Gasteiger charge is -2.07. The van der Waals surface area contributed by atoms with E-state index in [2.05, 4.69) is 5.16 Å². The van der Waals surface area contributed by atoms with E-state index in [1.165, 1.54) is 6.07 Å². The number of nitrogen functional groups attached to an aromatic ring is 1. The molecule has 2 aromatic carbocycles. The maximum absolute atomic E-state index is 12.0. The van der Waals surface area contributed by atoms with E-state index < -0.39 is 5.97 Å². The molecular weight excluding hydrogens is 298 g/mol. The molecule has 0 aliphatic carbocycles. The molecule has 118 valence electrons. The van der Waals surface area contributed by atoms with E-state index in [0.29, 0.717) is 22.7 Å². The number of carbonyl (C=O) groups is 1. The molecule has 0 atom stereocenters. The summed E-state index contributed by atoms with van der Waals surface area (Å²) in [6.45, 7) is 1.94. The molecule has 1 heterocycles. The minimum atomic E-state index is -0.646. The number of benzene rings is 2. The molecule has 23 heavy (non-hydrogen) atoms. The van der Waals surface area contributed by atoms with Crippen molar-refractivity contribution in [3.05, 3.63) is 53.1 Å². The van der Waals surface area contributed by atoms with Gasteiger partial charge in [-0.2, -0.15) is 0 Å². The Balaban J connectivity index is 1.76. The summed E-state index contributed by atoms with van der Waals surface area (Å²) in [4.78, 5) is 16.9. The topological polar surface area (TPSA) is 109 Å². The van der Waals surface area contributed by atoms with Crippen LogP contribution in [0.15, 0.2) is 41.6 Å². The Hall–Kier alpha value is -3.22. The highest BCUT2D eigenvalue weighted by Gasteiger charge is 2.17. The van der Waals surface area contributed by atoms with Crippen LogP contribution >= 0.6 is 0 Å². The van der Waals surface area contributed by atoms with Gasteiger partial charge in [0.05, 0.1) is 5.56 Å². The first kappa shape index (κ1) is 14.7. The van der Waals surface area contributed by atoms with Gasteiger partial charge >= 0.3 is 5.97 Å². The Labute approximate surface area is 132 Å². The van der Waals surface area contributed by atoms with Gasteiger partial charge in [-0.25, -0.2) is 4.79 Å². The second-order valence-electron chi connectivity index (χ2n) is 4.94. The molecule has 0 aromatic heterocycles. The summed E-state index contributed by atoms with van der Waals surface area (Å²) in [6.07, 6.45) is 0. The lowest BCUT2D eigenvalue weighted by Crippen LogP contribution is -2.17. The fourth-order valence-electron chi connectivity index (χ4n) is 2.15. The SMILES string of the molecule is Cc1c(N)cccc1/C(N)=N/OC(=O)c1ccc2c(c1)OCO2. The highest BCUT2D eigenvalue weighted by Crippen LogP contribution is 2.32. The van der Waals surface area contributed by atoms with E-state index >= 15 is 0 Å². The van der Waals surface area contributed by atoms with Crippen molar-refractivity contribution in [2.24, 2.45) is 10.9 Å². The van der Waals surface area contributed by atoms with Crippen LogP contribution < -0.4 is 20.9 Å². The average molecular weight is 313 g/mol. The smallest absolute Gasteiger partial charge is 0.365 e. The fourth-order valence-corrected chi connectivity index (χ4v) is 2.15. The van der Waals surface area contributed by atoms with Gasteiger partial charge in [-0.15, -0.1) is 0 Å². The van der Waals surface area contributed by atoms with E-state index in [0.717, 1.165) is 5.56 Å². The van der Waals surface area contributed by atoms with Crippen molar-refractivity contribution in [2.45, 2.75) is 6.92 Å². The number of rotatable bonds is 3. The van der Waals surface area contributed by atoms with Crippen molar-refractivity contribution < 1.29 is 19.1 Å². The molecule has 7 nitrogen and oxygen atoms in total. The maximum atomic E-state index is 12.0. The van der Waals surface area contributed by atoms with Crippen LogP contribution in [0.4, 0.5) is 5.69 Å². The number of nitrogens with zero attached hydrogens (tertiary/aromatic N) is 1. The first-order valence-electron chi connectivity index (χ1n) is 6.86. The number of oxime groups is 1. The second kappa shape index (κ2) is 5.88. The quantitative estimate of drug-likeness (QED) is 0.294. The fraction of sp³-hybridized carbons (Fsp3) is 0.125. The Kier molecular flexibility index (Phi) is 3.76. The Morgan fingerprint density at radius 3 is 2.83 bits per heavy atom. The van der Waals surface area contributed by atoms with Gasteiger partial charge < -0.3 is 25.8 Å². The van der Waals surface area contributed by atoms with Crippen LogP contribution in [-0.2, 0) is 4.84 Å². The standard InChI is InChI=1S/C16H15N3O4/c1-9-11(3-2-4-12(9)17)15(18)19-23-16(20)10-5-6-13-14(7-10)22-8-21-13/h2-7H,8,17H2,1H3,(H2,18,19). The normalized spacial score (nSPS) is 13.0. The summed E-state index contributed by atoms with van der Waals surface area (Å²) >= 11 is 0. The molecule has 7 heteroatoms. The van der Waals surface area contributed by atoms with Crippen LogP contribution in [0.25, 0.3) is 0 Å². The van der Waals surface area contributed by atoms with Gasteiger partial charge in [0.15, 0.2) is 17.3 Å². The molecule has 2 aromatic rings. The molecular formula is C16H15N3O4. The number of anilines is 1.